The van der Waals surface area contributed by atoms with Crippen LogP contribution in [0.25, 0.3) is 0 Å². The number of para-hydroxylation sites is 2. The van der Waals surface area contributed by atoms with Crippen molar-refractivity contribution < 1.29 is 9.53 Å². The number of benzene rings is 1. The van der Waals surface area contributed by atoms with Crippen LogP contribution in [-0.4, -0.2) is 27.0 Å². The predicted molar refractivity (Wildman–Crippen MR) is 104 cm³/mol. The highest BCUT2D eigenvalue weighted by Crippen LogP contribution is 2.25. The van der Waals surface area contributed by atoms with Crippen LogP contribution < -0.4 is 15.4 Å². The highest BCUT2D eigenvalue weighted by molar-refractivity contribution is 6.03. The monoisotopic (exact) mass is 363 g/mol. The van der Waals surface area contributed by atoms with E-state index in [2.05, 4.69) is 25.6 Å². The molecule has 0 atom stereocenters. The fraction of sp³-hybridized carbons (Fsp3) is 0.200. The van der Waals surface area contributed by atoms with Crippen LogP contribution in [0.3, 0.4) is 0 Å². The summed E-state index contributed by atoms with van der Waals surface area (Å²) in [6, 6.07) is 11.1. The number of hydrogen-bond acceptors (Lipinski definition) is 6. The van der Waals surface area contributed by atoms with E-state index < -0.39 is 0 Å². The molecule has 27 heavy (non-hydrogen) atoms. The summed E-state index contributed by atoms with van der Waals surface area (Å²) in [5, 5.41) is 5.96. The minimum atomic E-state index is -0.346. The Labute approximate surface area is 157 Å². The van der Waals surface area contributed by atoms with Gasteiger partial charge in [0.25, 0.3) is 5.91 Å². The van der Waals surface area contributed by atoms with E-state index in [0.717, 1.165) is 5.56 Å². The Kier molecular flexibility index (Phi) is 5.94. The van der Waals surface area contributed by atoms with Crippen molar-refractivity contribution in [2.45, 2.75) is 26.5 Å². The Morgan fingerprint density at radius 2 is 1.93 bits per heavy atom. The number of nitrogens with one attached hydrogen (secondary N) is 2. The zero-order valence-electron chi connectivity index (χ0n) is 15.2. The van der Waals surface area contributed by atoms with E-state index in [4.69, 9.17) is 4.74 Å². The first-order valence-electron chi connectivity index (χ1n) is 8.63. The quantitative estimate of drug-likeness (QED) is 0.668. The number of pyridine rings is 1. The Morgan fingerprint density at radius 3 is 2.63 bits per heavy atom. The molecule has 0 fully saturated rings. The number of hydrogen-bond donors (Lipinski definition) is 2. The number of anilines is 2. The van der Waals surface area contributed by atoms with Crippen molar-refractivity contribution in [3.63, 3.8) is 0 Å². The van der Waals surface area contributed by atoms with Crippen LogP contribution in [-0.2, 0) is 6.54 Å². The molecule has 0 radical (unpaired) electrons. The van der Waals surface area contributed by atoms with Crippen molar-refractivity contribution in [2.24, 2.45) is 0 Å². The van der Waals surface area contributed by atoms with Crippen molar-refractivity contribution in [1.82, 2.24) is 15.0 Å². The van der Waals surface area contributed by atoms with Crippen LogP contribution in [0, 0.1) is 0 Å². The topological polar surface area (TPSA) is 89.0 Å². The molecule has 2 aromatic heterocycles. The molecule has 0 aliphatic heterocycles. The van der Waals surface area contributed by atoms with Gasteiger partial charge in [0.15, 0.2) is 0 Å². The van der Waals surface area contributed by atoms with Gasteiger partial charge in [0.1, 0.15) is 17.3 Å². The van der Waals surface area contributed by atoms with E-state index in [1.54, 1.807) is 18.5 Å². The Morgan fingerprint density at radius 1 is 1.07 bits per heavy atom. The van der Waals surface area contributed by atoms with E-state index in [1.165, 1.54) is 12.4 Å². The van der Waals surface area contributed by atoms with Gasteiger partial charge in [0.05, 0.1) is 24.2 Å². The Balaban J connectivity index is 1.62. The lowest BCUT2D eigenvalue weighted by Gasteiger charge is -2.14. The van der Waals surface area contributed by atoms with Gasteiger partial charge in [0.2, 0.25) is 0 Å². The number of carbonyl (C=O) groups is 1. The van der Waals surface area contributed by atoms with E-state index in [0.29, 0.717) is 23.8 Å². The molecule has 1 aromatic carbocycles. The summed E-state index contributed by atoms with van der Waals surface area (Å²) in [4.78, 5) is 24.9. The number of carbonyl (C=O) groups excluding carboxylic acids is 1. The van der Waals surface area contributed by atoms with E-state index >= 15 is 0 Å². The lowest BCUT2D eigenvalue weighted by molar-refractivity contribution is 0.102. The molecule has 0 aliphatic carbocycles. The molecule has 0 aliphatic rings. The van der Waals surface area contributed by atoms with Crippen LogP contribution >= 0.6 is 0 Å². The standard InChI is InChI=1S/C20H21N5O2/c1-14(2)27-18-8-4-3-7-16(18)25-20(26)17-12-24-19(13-22-17)23-11-15-6-5-9-21-10-15/h3-10,12-14H,11H2,1-2H3,(H,23,24)(H,25,26). The number of ether oxygens (including phenoxy) is 1. The van der Waals surface area contributed by atoms with Crippen LogP contribution in [0.1, 0.15) is 29.9 Å². The van der Waals surface area contributed by atoms with Crippen LogP contribution in [0.2, 0.25) is 0 Å². The van der Waals surface area contributed by atoms with Gasteiger partial charge in [-0.3, -0.25) is 9.78 Å². The molecule has 0 bridgehead atoms. The van der Waals surface area contributed by atoms with Crippen molar-refractivity contribution in [3.05, 3.63) is 72.4 Å². The maximum atomic E-state index is 12.4. The molecule has 138 valence electrons. The van der Waals surface area contributed by atoms with Crippen molar-refractivity contribution in [1.29, 1.82) is 0 Å². The lowest BCUT2D eigenvalue weighted by Crippen LogP contribution is -2.16. The predicted octanol–water partition coefficient (Wildman–Crippen LogP) is 3.52. The van der Waals surface area contributed by atoms with Gasteiger partial charge >= 0.3 is 0 Å². The second-order valence-corrected chi connectivity index (χ2v) is 6.12. The number of aromatic nitrogens is 3. The molecule has 2 heterocycles. The molecule has 2 N–H and O–H groups in total. The molecule has 7 nitrogen and oxygen atoms in total. The van der Waals surface area contributed by atoms with Crippen molar-refractivity contribution >= 4 is 17.4 Å². The minimum Gasteiger partial charge on any atom is -0.489 e. The fourth-order valence-corrected chi connectivity index (χ4v) is 2.34. The SMILES string of the molecule is CC(C)Oc1ccccc1NC(=O)c1cnc(NCc2cccnc2)cn1. The smallest absolute Gasteiger partial charge is 0.275 e. The average molecular weight is 363 g/mol. The average Bonchev–Trinajstić information content (AvgIpc) is 2.69. The first-order valence-corrected chi connectivity index (χ1v) is 8.63. The molecule has 3 rings (SSSR count). The second-order valence-electron chi connectivity index (χ2n) is 6.12. The summed E-state index contributed by atoms with van der Waals surface area (Å²) in [5.41, 5.74) is 1.85. The zero-order chi connectivity index (χ0) is 19.1. The van der Waals surface area contributed by atoms with Gasteiger partial charge in [0, 0.05) is 18.9 Å². The summed E-state index contributed by atoms with van der Waals surface area (Å²) >= 11 is 0. The lowest BCUT2D eigenvalue weighted by atomic mass is 10.2. The van der Waals surface area contributed by atoms with Gasteiger partial charge in [-0.2, -0.15) is 0 Å². The molecule has 0 saturated carbocycles. The van der Waals surface area contributed by atoms with E-state index in [9.17, 15) is 4.79 Å². The van der Waals surface area contributed by atoms with Gasteiger partial charge in [-0.05, 0) is 37.6 Å². The summed E-state index contributed by atoms with van der Waals surface area (Å²) in [7, 11) is 0. The molecule has 0 saturated heterocycles. The molecule has 0 spiro atoms. The van der Waals surface area contributed by atoms with Crippen molar-refractivity contribution in [3.8, 4) is 5.75 Å². The molecular weight excluding hydrogens is 342 g/mol. The zero-order valence-corrected chi connectivity index (χ0v) is 15.2. The normalized spacial score (nSPS) is 10.5. The van der Waals surface area contributed by atoms with Crippen LogP contribution in [0.4, 0.5) is 11.5 Å². The summed E-state index contributed by atoms with van der Waals surface area (Å²) in [6.45, 7) is 4.44. The highest BCUT2D eigenvalue weighted by Gasteiger charge is 2.12. The first-order chi connectivity index (χ1) is 13.1. The highest BCUT2D eigenvalue weighted by atomic mass is 16.5. The maximum Gasteiger partial charge on any atom is 0.275 e. The third-order valence-corrected chi connectivity index (χ3v) is 3.58. The molecule has 7 heteroatoms. The Hall–Kier alpha value is -3.48. The summed E-state index contributed by atoms with van der Waals surface area (Å²) in [6.07, 6.45) is 6.47. The molecule has 0 unspecified atom stereocenters. The number of amides is 1. The van der Waals surface area contributed by atoms with Gasteiger partial charge in [-0.25, -0.2) is 9.97 Å². The maximum absolute atomic E-state index is 12.4. The first kappa shape index (κ1) is 18.3. The Bertz CT molecular complexity index is 882. The van der Waals surface area contributed by atoms with Crippen LogP contribution in [0.5, 0.6) is 5.75 Å². The minimum absolute atomic E-state index is 0.00742. The van der Waals surface area contributed by atoms with Crippen LogP contribution in [0.15, 0.2) is 61.2 Å². The number of rotatable bonds is 7. The van der Waals surface area contributed by atoms with Gasteiger partial charge in [-0.1, -0.05) is 18.2 Å². The summed E-state index contributed by atoms with van der Waals surface area (Å²) < 4.78 is 5.71. The molecule has 3 aromatic rings. The van der Waals surface area contributed by atoms with Gasteiger partial charge < -0.3 is 15.4 Å². The molecular formula is C20H21N5O2. The van der Waals surface area contributed by atoms with Gasteiger partial charge in [-0.15, -0.1) is 0 Å². The summed E-state index contributed by atoms with van der Waals surface area (Å²) in [5.74, 6) is 0.851. The largest absolute Gasteiger partial charge is 0.489 e. The number of nitrogens with zero attached hydrogens (tertiary/aromatic N) is 3. The van der Waals surface area contributed by atoms with E-state index in [1.807, 2.05) is 44.2 Å². The van der Waals surface area contributed by atoms with E-state index in [-0.39, 0.29) is 17.7 Å². The third-order valence-electron chi connectivity index (χ3n) is 3.58. The third kappa shape index (κ3) is 5.24. The van der Waals surface area contributed by atoms with Crippen molar-refractivity contribution in [2.75, 3.05) is 10.6 Å². The molecule has 1 amide bonds. The second kappa shape index (κ2) is 8.75. The fourth-order valence-electron chi connectivity index (χ4n) is 2.34.